The molecule has 44 heavy (non-hydrogen) atoms. The van der Waals surface area contributed by atoms with Crippen molar-refractivity contribution in [1.82, 2.24) is 14.8 Å². The maximum Gasteiger partial charge on any atom is 0.307 e. The number of aliphatic carboxylic acids is 1. The molecule has 2 aliphatic heterocycles. The third-order valence-electron chi connectivity index (χ3n) is 8.84. The molecule has 0 radical (unpaired) electrons. The van der Waals surface area contributed by atoms with E-state index >= 15 is 0 Å². The van der Waals surface area contributed by atoms with Crippen molar-refractivity contribution in [3.63, 3.8) is 0 Å². The van der Waals surface area contributed by atoms with Crippen molar-refractivity contribution < 1.29 is 33.0 Å². The summed E-state index contributed by atoms with van der Waals surface area (Å²) in [5.74, 6) is 2.99. The van der Waals surface area contributed by atoms with Crippen LogP contribution < -0.4 is 16.3 Å². The van der Waals surface area contributed by atoms with Gasteiger partial charge in [-0.1, -0.05) is 47.0 Å². The van der Waals surface area contributed by atoms with E-state index in [1.54, 1.807) is 34.1 Å². The van der Waals surface area contributed by atoms with Gasteiger partial charge < -0.3 is 30.4 Å². The van der Waals surface area contributed by atoms with Crippen LogP contribution in [0.25, 0.3) is 0 Å². The van der Waals surface area contributed by atoms with Crippen molar-refractivity contribution in [1.29, 1.82) is 0 Å². The Labute approximate surface area is 262 Å². The fraction of sp³-hybridized carbons (Fsp3) is 0.452. The number of carbonyl (C=O) groups is 3. The maximum atomic E-state index is 14.2. The number of rotatable bonds is 9. The number of allylic oxidation sites excluding steroid dienone is 1. The third kappa shape index (κ3) is 6.12. The van der Waals surface area contributed by atoms with Crippen LogP contribution in [0.15, 0.2) is 52.3 Å². The smallest absolute Gasteiger partial charge is 0.307 e. The van der Waals surface area contributed by atoms with Crippen LogP contribution in [0, 0.1) is 11.8 Å². The molecule has 5 rings (SSSR count). The Bertz CT molecular complexity index is 1480. The fourth-order valence-corrected chi connectivity index (χ4v) is 7.26. The zero-order valence-electron chi connectivity index (χ0n) is 24.3. The fourth-order valence-electron chi connectivity index (χ4n) is 6.72. The minimum Gasteiger partial charge on any atom is -0.487 e. The molecule has 3 atom stereocenters. The third-order valence-corrected chi connectivity index (χ3v) is 9.59. The number of ether oxygens (including phenoxy) is 1. The highest BCUT2D eigenvalue weighted by Crippen LogP contribution is 2.43. The van der Waals surface area contributed by atoms with Crippen LogP contribution >= 0.6 is 15.9 Å². The summed E-state index contributed by atoms with van der Waals surface area (Å²) in [5, 5.41) is 10.7. The molecule has 2 aromatic rings. The number of carboxylic acid groups (broad SMARTS) is 1. The molecule has 0 bridgehead atoms. The van der Waals surface area contributed by atoms with E-state index in [4.69, 9.17) is 16.3 Å². The molecule has 3 aliphatic rings. The Kier molecular flexibility index (Phi) is 9.45. The number of hydrogen-bond donors (Lipinski definition) is 3. The number of alkyl halides is 2. The second kappa shape index (κ2) is 13.1. The minimum atomic E-state index is -2.92. The molecule has 13 heteroatoms. The lowest BCUT2D eigenvalue weighted by Crippen LogP contribution is -2.50. The number of hydrazine groups is 1. The molecule has 2 aromatic carbocycles. The Balaban J connectivity index is 1.55. The monoisotopic (exact) mass is 675 g/mol. The number of amides is 2. The van der Waals surface area contributed by atoms with Crippen molar-refractivity contribution in [2.75, 3.05) is 26.7 Å². The Morgan fingerprint density at radius 1 is 1.16 bits per heavy atom. The van der Waals surface area contributed by atoms with Crippen LogP contribution in [0.4, 0.5) is 8.78 Å². The number of benzene rings is 2. The summed E-state index contributed by atoms with van der Waals surface area (Å²) in [6.07, 6.45) is -0.101. The van der Waals surface area contributed by atoms with Gasteiger partial charge >= 0.3 is 5.97 Å². The predicted octanol–water partition coefficient (Wildman–Crippen LogP) is 4.04. The van der Waals surface area contributed by atoms with E-state index in [0.29, 0.717) is 49.2 Å². The van der Waals surface area contributed by atoms with E-state index < -0.39 is 42.6 Å². The first-order valence-corrected chi connectivity index (χ1v) is 15.4. The maximum absolute atomic E-state index is 14.2. The molecule has 0 saturated heterocycles. The lowest BCUT2D eigenvalue weighted by molar-refractivity contribution is -0.153. The van der Waals surface area contributed by atoms with Crippen LogP contribution in [0.5, 0.6) is 5.75 Å². The number of carboxylic acids is 1. The summed E-state index contributed by atoms with van der Waals surface area (Å²) in [4.78, 5) is 43.2. The van der Waals surface area contributed by atoms with Gasteiger partial charge in [-0.3, -0.25) is 14.4 Å². The van der Waals surface area contributed by atoms with Gasteiger partial charge in [-0.05, 0) is 48.6 Å². The second-order valence-corrected chi connectivity index (χ2v) is 12.4. The molecule has 1 aliphatic carbocycles. The number of carbonyl (C=O) groups excluding carboxylic acids is 2. The average molecular weight is 677 g/mol. The molecule has 2 heterocycles. The van der Waals surface area contributed by atoms with E-state index in [0.717, 1.165) is 33.5 Å². The van der Waals surface area contributed by atoms with Gasteiger partial charge in [0.15, 0.2) is 0 Å². The Morgan fingerprint density at radius 2 is 1.86 bits per heavy atom. The van der Waals surface area contributed by atoms with Crippen LogP contribution in [0.1, 0.15) is 58.8 Å². The zero-order chi connectivity index (χ0) is 31.7. The largest absolute Gasteiger partial charge is 0.487 e. The normalized spacial score (nSPS) is 22.0. The Hall–Kier alpha value is -3.71. The quantitative estimate of drug-likeness (QED) is 0.267. The summed E-state index contributed by atoms with van der Waals surface area (Å²) in [7, 11) is 1.26. The topological polar surface area (TPSA) is 142 Å². The highest BCUT2D eigenvalue weighted by Gasteiger charge is 2.44. The Morgan fingerprint density at radius 3 is 2.52 bits per heavy atom. The first-order chi connectivity index (χ1) is 21.0. The number of halogens is 3. The molecule has 1 fully saturated rings. The van der Waals surface area contributed by atoms with Gasteiger partial charge in [0.05, 0.1) is 23.6 Å². The van der Waals surface area contributed by atoms with Gasteiger partial charge in [-0.15, -0.1) is 0 Å². The highest BCUT2D eigenvalue weighted by molar-refractivity contribution is 9.10. The number of fused-ring (bicyclic) bond motifs is 2. The first kappa shape index (κ1) is 31.7. The predicted molar refractivity (Wildman–Crippen MR) is 161 cm³/mol. The lowest BCUT2D eigenvalue weighted by Gasteiger charge is -2.43. The molecule has 0 aromatic heterocycles. The van der Waals surface area contributed by atoms with Crippen molar-refractivity contribution in [2.24, 2.45) is 23.4 Å². The van der Waals surface area contributed by atoms with E-state index in [1.165, 1.54) is 7.05 Å². The SMILES string of the molecule is CN(N)/C(=C(\N)COc1ccc(Br)c2c1C(CN1Cc3ccccc3C1=O)N(C(=O)C1CCCCC1C(=O)O)CC2)C(F)F. The van der Waals surface area contributed by atoms with Gasteiger partial charge in [0, 0.05) is 42.3 Å². The second-order valence-electron chi connectivity index (χ2n) is 11.5. The number of hydrogen-bond acceptors (Lipinski definition) is 7. The molecular weight excluding hydrogens is 640 g/mol. The number of nitrogens with zero attached hydrogens (tertiary/aromatic N) is 3. The molecule has 236 valence electrons. The lowest BCUT2D eigenvalue weighted by atomic mass is 9.77. The van der Waals surface area contributed by atoms with Gasteiger partial charge in [0.1, 0.15) is 18.1 Å². The average Bonchev–Trinajstić information content (AvgIpc) is 3.31. The minimum absolute atomic E-state index is 0.128. The van der Waals surface area contributed by atoms with Crippen molar-refractivity contribution in [3.8, 4) is 5.75 Å². The van der Waals surface area contributed by atoms with E-state index in [1.807, 2.05) is 12.1 Å². The molecule has 5 N–H and O–H groups in total. The van der Waals surface area contributed by atoms with Crippen LogP contribution in [0.3, 0.4) is 0 Å². The highest BCUT2D eigenvalue weighted by atomic mass is 79.9. The van der Waals surface area contributed by atoms with Gasteiger partial charge in [-0.2, -0.15) is 0 Å². The van der Waals surface area contributed by atoms with Gasteiger partial charge in [0.2, 0.25) is 5.91 Å². The molecule has 3 unspecified atom stereocenters. The zero-order valence-corrected chi connectivity index (χ0v) is 25.9. The summed E-state index contributed by atoms with van der Waals surface area (Å²) in [5.41, 5.74) is 8.12. The van der Waals surface area contributed by atoms with Crippen molar-refractivity contribution in [3.05, 3.63) is 74.5 Å². The summed E-state index contributed by atoms with van der Waals surface area (Å²) in [6.45, 7) is 0.396. The molecule has 1 saturated carbocycles. The van der Waals surface area contributed by atoms with Crippen LogP contribution in [-0.4, -0.2) is 70.9 Å². The summed E-state index contributed by atoms with van der Waals surface area (Å²) >= 11 is 3.62. The van der Waals surface area contributed by atoms with Crippen LogP contribution in [-0.2, 0) is 22.6 Å². The first-order valence-electron chi connectivity index (χ1n) is 14.6. The van der Waals surface area contributed by atoms with E-state index in [9.17, 15) is 28.3 Å². The van der Waals surface area contributed by atoms with Gasteiger partial charge in [0.25, 0.3) is 12.3 Å². The number of nitrogens with two attached hydrogens (primary N) is 2. The summed E-state index contributed by atoms with van der Waals surface area (Å²) < 4.78 is 34.1. The van der Waals surface area contributed by atoms with Crippen LogP contribution in [0.2, 0.25) is 0 Å². The molecule has 10 nitrogen and oxygen atoms in total. The standard InChI is InChI=1S/C31H36BrF2N5O5/c1-37(36)27(28(33)34)23(35)16-44-25-11-10-22(32)21-12-13-39(30(41)19-8-4-5-9-20(19)31(42)43)24(26(21)25)15-38-14-17-6-2-3-7-18(17)29(38)40/h2-3,6-7,10-11,19-20,24,28H,4-5,8-9,12-16,35-36H2,1H3,(H,42,43)/b27-23-. The van der Waals surface area contributed by atoms with E-state index in [-0.39, 0.29) is 24.1 Å². The summed E-state index contributed by atoms with van der Waals surface area (Å²) in [6, 6.07) is 10.1. The van der Waals surface area contributed by atoms with E-state index in [2.05, 4.69) is 15.9 Å². The molecule has 0 spiro atoms. The molecule has 2 amide bonds. The van der Waals surface area contributed by atoms with Crippen molar-refractivity contribution >= 4 is 33.7 Å². The molecular formula is C31H36BrF2N5O5. The van der Waals surface area contributed by atoms with Gasteiger partial charge in [-0.25, -0.2) is 14.6 Å². The van der Waals surface area contributed by atoms with Crippen molar-refractivity contribution in [2.45, 2.75) is 51.1 Å².